The summed E-state index contributed by atoms with van der Waals surface area (Å²) < 4.78 is 33.0. The van der Waals surface area contributed by atoms with Gasteiger partial charge in [0.25, 0.3) is 5.91 Å². The summed E-state index contributed by atoms with van der Waals surface area (Å²) in [6.45, 7) is 1.84. The number of benzene rings is 2. The quantitative estimate of drug-likeness (QED) is 0.842. The average Bonchev–Trinajstić information content (AvgIpc) is 3.03. The van der Waals surface area contributed by atoms with Gasteiger partial charge in [-0.15, -0.1) is 0 Å². The number of ether oxygens (including phenoxy) is 2. The lowest BCUT2D eigenvalue weighted by atomic mass is 10.1. The summed E-state index contributed by atoms with van der Waals surface area (Å²) in [7, 11) is -3.75. The van der Waals surface area contributed by atoms with Gasteiger partial charge in [-0.2, -0.15) is 0 Å². The first-order chi connectivity index (χ1) is 11.8. The molecule has 3 rings (SSSR count). The number of hydrogen-bond acceptors (Lipinski definition) is 5. The van der Waals surface area contributed by atoms with E-state index in [4.69, 9.17) is 26.2 Å². The van der Waals surface area contributed by atoms with Crippen molar-refractivity contribution in [2.45, 2.75) is 17.9 Å². The highest BCUT2D eigenvalue weighted by molar-refractivity contribution is 7.89. The van der Waals surface area contributed by atoms with Gasteiger partial charge >= 0.3 is 0 Å². The Morgan fingerprint density at radius 3 is 2.56 bits per heavy atom. The maximum Gasteiger partial charge on any atom is 0.251 e. The third-order valence-corrected chi connectivity index (χ3v) is 4.96. The highest BCUT2D eigenvalue weighted by Crippen LogP contribution is 2.39. The van der Waals surface area contributed by atoms with Crippen LogP contribution in [0.3, 0.4) is 0 Å². The molecule has 3 N–H and O–H groups in total. The molecule has 9 heteroatoms. The van der Waals surface area contributed by atoms with Crippen LogP contribution in [0.2, 0.25) is 5.02 Å². The Morgan fingerprint density at radius 2 is 1.92 bits per heavy atom. The number of carbonyl (C=O) groups is 1. The van der Waals surface area contributed by atoms with Gasteiger partial charge in [0.1, 0.15) is 0 Å². The van der Waals surface area contributed by atoms with Crippen LogP contribution in [0.4, 0.5) is 0 Å². The van der Waals surface area contributed by atoms with Gasteiger partial charge in [0.15, 0.2) is 11.5 Å². The zero-order chi connectivity index (χ0) is 18.2. The van der Waals surface area contributed by atoms with Crippen molar-refractivity contribution in [3.8, 4) is 11.5 Å². The fourth-order valence-electron chi connectivity index (χ4n) is 2.41. The van der Waals surface area contributed by atoms with Gasteiger partial charge in [-0.05, 0) is 36.8 Å². The zero-order valence-corrected chi connectivity index (χ0v) is 14.7. The van der Waals surface area contributed by atoms with Crippen LogP contribution in [0.15, 0.2) is 41.3 Å². The molecule has 0 aliphatic carbocycles. The van der Waals surface area contributed by atoms with Gasteiger partial charge in [-0.25, -0.2) is 13.6 Å². The van der Waals surface area contributed by atoms with Crippen LogP contribution >= 0.6 is 11.6 Å². The van der Waals surface area contributed by atoms with Crippen LogP contribution in [-0.2, 0) is 10.0 Å². The van der Waals surface area contributed by atoms with E-state index in [0.29, 0.717) is 22.1 Å². The number of hydrogen-bond donors (Lipinski definition) is 2. The van der Waals surface area contributed by atoms with E-state index in [9.17, 15) is 13.2 Å². The molecule has 25 heavy (non-hydrogen) atoms. The minimum Gasteiger partial charge on any atom is -0.454 e. The van der Waals surface area contributed by atoms with Crippen LogP contribution in [-0.4, -0.2) is 21.1 Å². The number of rotatable bonds is 4. The van der Waals surface area contributed by atoms with Crippen LogP contribution in [0.5, 0.6) is 11.5 Å². The van der Waals surface area contributed by atoms with Gasteiger partial charge in [-0.1, -0.05) is 23.7 Å². The molecule has 1 amide bonds. The van der Waals surface area contributed by atoms with E-state index in [1.807, 2.05) is 0 Å². The van der Waals surface area contributed by atoms with Crippen molar-refractivity contribution >= 4 is 27.5 Å². The van der Waals surface area contributed by atoms with Gasteiger partial charge < -0.3 is 14.8 Å². The second-order valence-corrected chi connectivity index (χ2v) is 7.47. The summed E-state index contributed by atoms with van der Waals surface area (Å²) >= 11 is 6.08. The molecule has 0 aromatic heterocycles. The predicted molar refractivity (Wildman–Crippen MR) is 91.3 cm³/mol. The van der Waals surface area contributed by atoms with Crippen LogP contribution in [0, 0.1) is 0 Å². The van der Waals surface area contributed by atoms with E-state index < -0.39 is 10.0 Å². The Morgan fingerprint density at radius 1 is 1.24 bits per heavy atom. The number of carbonyl (C=O) groups excluding carboxylic acids is 1. The molecule has 0 spiro atoms. The summed E-state index contributed by atoms with van der Waals surface area (Å²) in [6, 6.07) is 8.68. The van der Waals surface area contributed by atoms with Crippen molar-refractivity contribution in [2.75, 3.05) is 6.79 Å². The Hall–Kier alpha value is -2.29. The van der Waals surface area contributed by atoms with Crippen LogP contribution in [0.1, 0.15) is 28.9 Å². The molecule has 0 saturated carbocycles. The maximum atomic E-state index is 12.4. The second-order valence-electron chi connectivity index (χ2n) is 5.50. The number of amides is 1. The summed E-state index contributed by atoms with van der Waals surface area (Å²) in [6.07, 6.45) is 0. The lowest BCUT2D eigenvalue weighted by Crippen LogP contribution is -2.26. The van der Waals surface area contributed by atoms with Gasteiger partial charge in [-0.3, -0.25) is 4.79 Å². The van der Waals surface area contributed by atoms with Crippen LogP contribution in [0.25, 0.3) is 0 Å². The molecule has 0 radical (unpaired) electrons. The molecule has 0 bridgehead atoms. The minimum atomic E-state index is -3.75. The number of primary sulfonamides is 1. The Labute approximate surface area is 149 Å². The zero-order valence-electron chi connectivity index (χ0n) is 13.2. The Bertz CT molecular complexity index is 928. The molecule has 1 heterocycles. The highest BCUT2D eigenvalue weighted by Gasteiger charge is 2.21. The first kappa shape index (κ1) is 17.5. The minimum absolute atomic E-state index is 0.0114. The van der Waals surface area contributed by atoms with Gasteiger partial charge in [0, 0.05) is 5.56 Å². The van der Waals surface area contributed by atoms with Crippen molar-refractivity contribution in [1.29, 1.82) is 0 Å². The SMILES string of the molecule is C[C@@H](NC(=O)c1cc(Cl)c2c(c1)OCO2)c1ccc(S(N)(=O)=O)cc1. The van der Waals surface area contributed by atoms with E-state index in [0.717, 1.165) is 5.56 Å². The van der Waals surface area contributed by atoms with Crippen molar-refractivity contribution in [1.82, 2.24) is 5.32 Å². The van der Waals surface area contributed by atoms with E-state index in [1.54, 1.807) is 25.1 Å². The number of fused-ring (bicyclic) bond motifs is 1. The summed E-state index contributed by atoms with van der Waals surface area (Å²) in [5.41, 5.74) is 1.06. The van der Waals surface area contributed by atoms with E-state index in [-0.39, 0.29) is 23.6 Å². The Balaban J connectivity index is 1.76. The molecule has 1 aliphatic rings. The topological polar surface area (TPSA) is 108 Å². The number of halogens is 1. The van der Waals surface area contributed by atoms with Crippen molar-refractivity contribution in [2.24, 2.45) is 5.14 Å². The van der Waals surface area contributed by atoms with Crippen molar-refractivity contribution in [3.63, 3.8) is 0 Å². The largest absolute Gasteiger partial charge is 0.454 e. The molecule has 1 atom stereocenters. The molecule has 0 saturated heterocycles. The Kier molecular flexibility index (Phi) is 4.59. The molecule has 0 unspecified atom stereocenters. The second kappa shape index (κ2) is 6.55. The molecule has 2 aromatic carbocycles. The summed E-state index contributed by atoms with van der Waals surface area (Å²) in [4.78, 5) is 12.4. The highest BCUT2D eigenvalue weighted by atomic mass is 35.5. The van der Waals surface area contributed by atoms with E-state index in [1.165, 1.54) is 18.2 Å². The standard InChI is InChI=1S/C16H15ClN2O5S/c1-9(10-2-4-12(5-3-10)25(18,21)22)19-16(20)11-6-13(17)15-14(7-11)23-8-24-15/h2-7,9H,8H2,1H3,(H,19,20)(H2,18,21,22)/t9-/m1/s1. The van der Waals surface area contributed by atoms with Crippen molar-refractivity contribution < 1.29 is 22.7 Å². The lowest BCUT2D eigenvalue weighted by molar-refractivity contribution is 0.0939. The lowest BCUT2D eigenvalue weighted by Gasteiger charge is -2.15. The van der Waals surface area contributed by atoms with Gasteiger partial charge in [0.05, 0.1) is 16.0 Å². The molecule has 7 nitrogen and oxygen atoms in total. The first-order valence-electron chi connectivity index (χ1n) is 7.28. The predicted octanol–water partition coefficient (Wildman–Crippen LogP) is 2.21. The smallest absolute Gasteiger partial charge is 0.251 e. The fourth-order valence-corrected chi connectivity index (χ4v) is 3.19. The maximum absolute atomic E-state index is 12.4. The third kappa shape index (κ3) is 3.71. The fraction of sp³-hybridized carbons (Fsp3) is 0.188. The summed E-state index contributed by atoms with van der Waals surface area (Å²) in [5.74, 6) is 0.496. The molecule has 1 aliphatic heterocycles. The summed E-state index contributed by atoms with van der Waals surface area (Å²) in [5, 5.41) is 8.18. The van der Waals surface area contributed by atoms with E-state index >= 15 is 0 Å². The molecular formula is C16H15ClN2O5S. The number of nitrogens with one attached hydrogen (secondary N) is 1. The third-order valence-electron chi connectivity index (χ3n) is 3.75. The molecule has 0 fully saturated rings. The van der Waals surface area contributed by atoms with Crippen molar-refractivity contribution in [3.05, 3.63) is 52.5 Å². The van der Waals surface area contributed by atoms with E-state index in [2.05, 4.69) is 5.32 Å². The molecule has 132 valence electrons. The number of nitrogens with two attached hydrogens (primary N) is 1. The number of sulfonamides is 1. The van der Waals surface area contributed by atoms with Gasteiger partial charge in [0.2, 0.25) is 16.8 Å². The van der Waals surface area contributed by atoms with Crippen LogP contribution < -0.4 is 19.9 Å². The monoisotopic (exact) mass is 382 g/mol. The average molecular weight is 383 g/mol. The first-order valence-corrected chi connectivity index (χ1v) is 9.21. The molecular weight excluding hydrogens is 368 g/mol. The normalized spacial score (nSPS) is 14.2. The molecule has 2 aromatic rings.